The molecule has 0 aliphatic carbocycles. The smallest absolute Gasteiger partial charge is 0.256 e. The van der Waals surface area contributed by atoms with Crippen molar-refractivity contribution in [3.8, 4) is 0 Å². The predicted molar refractivity (Wildman–Crippen MR) is 79.5 cm³/mol. The Labute approximate surface area is 128 Å². The summed E-state index contributed by atoms with van der Waals surface area (Å²) >= 11 is 0. The lowest BCUT2D eigenvalue weighted by Crippen LogP contribution is -2.43. The first-order valence-corrected chi connectivity index (χ1v) is 7.04. The number of ether oxygens (including phenoxy) is 1. The molecule has 1 saturated heterocycles. The van der Waals surface area contributed by atoms with Crippen molar-refractivity contribution in [1.82, 2.24) is 25.1 Å². The molecule has 1 unspecified atom stereocenters. The molecule has 22 heavy (non-hydrogen) atoms. The third-order valence-electron chi connectivity index (χ3n) is 3.59. The van der Waals surface area contributed by atoms with Crippen LogP contribution >= 0.6 is 0 Å². The van der Waals surface area contributed by atoms with E-state index in [9.17, 15) is 4.79 Å². The molecule has 0 bridgehead atoms. The lowest BCUT2D eigenvalue weighted by Gasteiger charge is -2.34. The molecule has 1 aliphatic rings. The Morgan fingerprint density at radius 1 is 1.41 bits per heavy atom. The van der Waals surface area contributed by atoms with Gasteiger partial charge in [0, 0.05) is 26.8 Å². The summed E-state index contributed by atoms with van der Waals surface area (Å²) in [5.41, 5.74) is 0.553. The van der Waals surface area contributed by atoms with Crippen molar-refractivity contribution in [2.75, 3.05) is 38.8 Å². The third kappa shape index (κ3) is 2.77. The van der Waals surface area contributed by atoms with Crippen molar-refractivity contribution in [3.05, 3.63) is 36.0 Å². The number of pyridine rings is 1. The van der Waals surface area contributed by atoms with Crippen molar-refractivity contribution in [3.63, 3.8) is 0 Å². The minimum atomic E-state index is -0.253. The van der Waals surface area contributed by atoms with Crippen molar-refractivity contribution in [2.45, 2.75) is 6.04 Å². The van der Waals surface area contributed by atoms with Crippen LogP contribution in [0.5, 0.6) is 0 Å². The van der Waals surface area contributed by atoms with Gasteiger partial charge in [-0.1, -0.05) is 0 Å². The third-order valence-corrected chi connectivity index (χ3v) is 3.59. The molecule has 0 spiro atoms. The van der Waals surface area contributed by atoms with Crippen LogP contribution in [0, 0.1) is 0 Å². The summed E-state index contributed by atoms with van der Waals surface area (Å²) in [5.74, 6) is 1.36. The molecule has 8 heteroatoms. The molecule has 1 atom stereocenters. The van der Waals surface area contributed by atoms with Crippen LogP contribution in [0.15, 0.2) is 24.7 Å². The lowest BCUT2D eigenvalue weighted by molar-refractivity contribution is -0.00514. The molecule has 1 fully saturated rings. The number of morpholine rings is 1. The van der Waals surface area contributed by atoms with Gasteiger partial charge in [0.2, 0.25) is 0 Å². The number of hydrogen-bond acceptors (Lipinski definition) is 6. The van der Waals surface area contributed by atoms with E-state index in [1.165, 1.54) is 6.33 Å². The number of anilines is 1. The van der Waals surface area contributed by atoms with Gasteiger partial charge < -0.3 is 14.5 Å². The van der Waals surface area contributed by atoms with Gasteiger partial charge in [-0.3, -0.25) is 9.89 Å². The molecule has 3 heterocycles. The van der Waals surface area contributed by atoms with Crippen molar-refractivity contribution >= 4 is 11.7 Å². The van der Waals surface area contributed by atoms with Gasteiger partial charge in [-0.25, -0.2) is 9.97 Å². The predicted octanol–water partition coefficient (Wildman–Crippen LogP) is 0.479. The molecule has 3 rings (SSSR count). The summed E-state index contributed by atoms with van der Waals surface area (Å²) in [6, 6.07) is 3.37. The van der Waals surface area contributed by atoms with Crippen molar-refractivity contribution in [1.29, 1.82) is 0 Å². The molecule has 0 radical (unpaired) electrons. The van der Waals surface area contributed by atoms with Crippen LogP contribution in [0.2, 0.25) is 0 Å². The highest BCUT2D eigenvalue weighted by atomic mass is 16.5. The van der Waals surface area contributed by atoms with E-state index in [1.54, 1.807) is 17.2 Å². The van der Waals surface area contributed by atoms with Gasteiger partial charge in [-0.2, -0.15) is 5.10 Å². The Bertz CT molecular complexity index is 625. The Balaban J connectivity index is 1.82. The molecule has 2 aromatic rings. The molecule has 116 valence electrons. The summed E-state index contributed by atoms with van der Waals surface area (Å²) < 4.78 is 5.47. The minimum Gasteiger partial charge on any atom is -0.377 e. The fourth-order valence-electron chi connectivity index (χ4n) is 2.39. The summed E-state index contributed by atoms with van der Waals surface area (Å²) in [4.78, 5) is 24.8. The van der Waals surface area contributed by atoms with E-state index < -0.39 is 0 Å². The van der Waals surface area contributed by atoms with Gasteiger partial charge in [-0.05, 0) is 12.1 Å². The molecule has 0 aromatic carbocycles. The number of carbonyl (C=O) groups is 1. The number of aromatic amines is 1. The average molecular weight is 302 g/mol. The van der Waals surface area contributed by atoms with Crippen LogP contribution < -0.4 is 4.90 Å². The molecule has 1 amide bonds. The van der Waals surface area contributed by atoms with E-state index >= 15 is 0 Å². The van der Waals surface area contributed by atoms with Crippen LogP contribution in [0.25, 0.3) is 0 Å². The first-order chi connectivity index (χ1) is 10.7. The van der Waals surface area contributed by atoms with Crippen LogP contribution in [-0.2, 0) is 4.74 Å². The van der Waals surface area contributed by atoms with Gasteiger partial charge in [0.05, 0.1) is 18.8 Å². The number of nitrogens with one attached hydrogen (secondary N) is 1. The van der Waals surface area contributed by atoms with Crippen LogP contribution in [0.3, 0.4) is 0 Å². The Hall–Kier alpha value is -2.48. The maximum Gasteiger partial charge on any atom is 0.256 e. The first-order valence-electron chi connectivity index (χ1n) is 7.04. The summed E-state index contributed by atoms with van der Waals surface area (Å²) in [5, 5.41) is 6.66. The second kappa shape index (κ2) is 6.10. The zero-order valence-electron chi connectivity index (χ0n) is 12.6. The maximum atomic E-state index is 12.7. The van der Waals surface area contributed by atoms with Gasteiger partial charge in [-0.15, -0.1) is 0 Å². The molecule has 0 saturated carbocycles. The second-order valence-electron chi connectivity index (χ2n) is 5.26. The number of nitrogens with zero attached hydrogens (tertiary/aromatic N) is 5. The van der Waals surface area contributed by atoms with E-state index in [0.717, 1.165) is 5.82 Å². The summed E-state index contributed by atoms with van der Waals surface area (Å²) in [6.45, 7) is 1.43. The van der Waals surface area contributed by atoms with Crippen molar-refractivity contribution < 1.29 is 9.53 Å². The van der Waals surface area contributed by atoms with E-state index in [0.29, 0.717) is 31.1 Å². The maximum absolute atomic E-state index is 12.7. The SMILES string of the molecule is CN(C)c1ccc(C(=O)N2CCOCC2c2ncn[nH]2)cn1. The molecular formula is C14H18N6O2. The van der Waals surface area contributed by atoms with Gasteiger partial charge in [0.1, 0.15) is 24.0 Å². The largest absolute Gasteiger partial charge is 0.377 e. The van der Waals surface area contributed by atoms with Gasteiger partial charge in [0.15, 0.2) is 0 Å². The Morgan fingerprint density at radius 2 is 2.27 bits per heavy atom. The zero-order valence-corrected chi connectivity index (χ0v) is 12.6. The van der Waals surface area contributed by atoms with Crippen molar-refractivity contribution in [2.24, 2.45) is 0 Å². The van der Waals surface area contributed by atoms with Gasteiger partial charge >= 0.3 is 0 Å². The molecule has 1 aliphatic heterocycles. The molecule has 1 N–H and O–H groups in total. The molecular weight excluding hydrogens is 284 g/mol. The monoisotopic (exact) mass is 302 g/mol. The summed E-state index contributed by atoms with van der Waals surface area (Å²) in [6.07, 6.45) is 3.03. The highest BCUT2D eigenvalue weighted by molar-refractivity contribution is 5.94. The van der Waals surface area contributed by atoms with Gasteiger partial charge in [0.25, 0.3) is 5.91 Å². The van der Waals surface area contributed by atoms with Crippen LogP contribution in [-0.4, -0.2) is 64.8 Å². The Kier molecular flexibility index (Phi) is 4.01. The van der Waals surface area contributed by atoms with Crippen LogP contribution in [0.4, 0.5) is 5.82 Å². The number of rotatable bonds is 3. The molecule has 8 nitrogen and oxygen atoms in total. The normalized spacial score (nSPS) is 18.3. The number of carbonyl (C=O) groups excluding carboxylic acids is 1. The van der Waals surface area contributed by atoms with E-state index in [4.69, 9.17) is 4.74 Å². The number of H-pyrrole nitrogens is 1. The molecule has 2 aromatic heterocycles. The Morgan fingerprint density at radius 3 is 2.91 bits per heavy atom. The number of hydrogen-bond donors (Lipinski definition) is 1. The van der Waals surface area contributed by atoms with Crippen LogP contribution in [0.1, 0.15) is 22.2 Å². The highest BCUT2D eigenvalue weighted by Crippen LogP contribution is 2.23. The standard InChI is InChI=1S/C14H18N6O2/c1-19(2)12-4-3-10(7-15-12)14(21)20-5-6-22-8-11(20)13-16-9-17-18-13/h3-4,7,9,11H,5-6,8H2,1-2H3,(H,16,17,18). The second-order valence-corrected chi connectivity index (χ2v) is 5.26. The minimum absolute atomic E-state index is 0.0810. The first kappa shape index (κ1) is 14.5. The average Bonchev–Trinajstić information content (AvgIpc) is 3.08. The van der Waals surface area contributed by atoms with E-state index in [2.05, 4.69) is 20.2 Å². The van der Waals surface area contributed by atoms with E-state index in [1.807, 2.05) is 25.1 Å². The zero-order chi connectivity index (χ0) is 15.5. The topological polar surface area (TPSA) is 87.2 Å². The fraction of sp³-hybridized carbons (Fsp3) is 0.429. The highest BCUT2D eigenvalue weighted by Gasteiger charge is 2.31. The number of amides is 1. The quantitative estimate of drug-likeness (QED) is 0.887. The number of aromatic nitrogens is 4. The lowest BCUT2D eigenvalue weighted by atomic mass is 10.1. The fourth-order valence-corrected chi connectivity index (χ4v) is 2.39. The van der Waals surface area contributed by atoms with E-state index in [-0.39, 0.29) is 11.9 Å². The summed E-state index contributed by atoms with van der Waals surface area (Å²) in [7, 11) is 3.82.